The van der Waals surface area contributed by atoms with Gasteiger partial charge in [0.05, 0.1) is 6.61 Å². The predicted octanol–water partition coefficient (Wildman–Crippen LogP) is 3.17. The summed E-state index contributed by atoms with van der Waals surface area (Å²) in [6.45, 7) is 5.94. The molecule has 0 amide bonds. The van der Waals surface area contributed by atoms with Crippen molar-refractivity contribution in [3.63, 3.8) is 0 Å². The van der Waals surface area contributed by atoms with E-state index in [1.54, 1.807) is 0 Å². The molecule has 94 valence electrons. The number of hydrogen-bond donors (Lipinski definition) is 0. The van der Waals surface area contributed by atoms with E-state index in [2.05, 4.69) is 6.92 Å². The molecule has 0 aromatic carbocycles. The first-order valence-electron chi connectivity index (χ1n) is 5.93. The minimum Gasteiger partial charge on any atom is -0.466 e. The van der Waals surface area contributed by atoms with E-state index in [9.17, 15) is 9.59 Å². The molecule has 0 aromatic heterocycles. The maximum absolute atomic E-state index is 11.5. The number of carbonyl (C=O) groups is 2. The van der Waals surface area contributed by atoms with Crippen molar-refractivity contribution in [2.75, 3.05) is 6.61 Å². The van der Waals surface area contributed by atoms with Crippen LogP contribution >= 0.6 is 11.8 Å². The fourth-order valence-corrected chi connectivity index (χ4v) is 2.63. The zero-order valence-electron chi connectivity index (χ0n) is 10.5. The zero-order valence-corrected chi connectivity index (χ0v) is 11.3. The van der Waals surface area contributed by atoms with Gasteiger partial charge in [0.15, 0.2) is 5.12 Å². The molecule has 0 aliphatic heterocycles. The SMILES string of the molecule is CCCC(=O)SC(CCC)CCOC(C)=O. The van der Waals surface area contributed by atoms with Crippen molar-refractivity contribution in [1.82, 2.24) is 0 Å². The standard InChI is InChI=1S/C12H22O3S/c1-4-6-11(8-9-15-10(3)13)16-12(14)7-5-2/h11H,4-9H2,1-3H3. The second kappa shape index (κ2) is 9.70. The number of ether oxygens (including phenoxy) is 1. The van der Waals surface area contributed by atoms with Gasteiger partial charge in [-0.1, -0.05) is 32.0 Å². The van der Waals surface area contributed by atoms with Crippen LogP contribution in [0.2, 0.25) is 0 Å². The van der Waals surface area contributed by atoms with E-state index < -0.39 is 0 Å². The lowest BCUT2D eigenvalue weighted by Crippen LogP contribution is -2.12. The first kappa shape index (κ1) is 15.5. The lowest BCUT2D eigenvalue weighted by Gasteiger charge is -2.14. The van der Waals surface area contributed by atoms with Gasteiger partial charge in [-0.05, 0) is 19.3 Å². The summed E-state index contributed by atoms with van der Waals surface area (Å²) in [6.07, 6.45) is 4.36. The van der Waals surface area contributed by atoms with E-state index in [0.29, 0.717) is 18.3 Å². The van der Waals surface area contributed by atoms with Crippen molar-refractivity contribution in [1.29, 1.82) is 0 Å². The van der Waals surface area contributed by atoms with Crippen LogP contribution in [-0.2, 0) is 14.3 Å². The third-order valence-electron chi connectivity index (χ3n) is 2.11. The highest BCUT2D eigenvalue weighted by Crippen LogP contribution is 2.22. The van der Waals surface area contributed by atoms with E-state index in [1.165, 1.54) is 18.7 Å². The predicted molar refractivity (Wildman–Crippen MR) is 67.5 cm³/mol. The fourth-order valence-electron chi connectivity index (χ4n) is 1.37. The number of rotatable bonds is 8. The highest BCUT2D eigenvalue weighted by molar-refractivity contribution is 8.14. The van der Waals surface area contributed by atoms with Crippen LogP contribution in [-0.4, -0.2) is 22.9 Å². The van der Waals surface area contributed by atoms with Gasteiger partial charge in [0.1, 0.15) is 0 Å². The Labute approximate surface area is 102 Å². The number of thioether (sulfide) groups is 1. The van der Waals surface area contributed by atoms with E-state index in [-0.39, 0.29) is 11.1 Å². The summed E-state index contributed by atoms with van der Waals surface area (Å²) in [6, 6.07) is 0. The molecule has 0 radical (unpaired) electrons. The summed E-state index contributed by atoms with van der Waals surface area (Å²) in [5, 5.41) is 0.548. The highest BCUT2D eigenvalue weighted by atomic mass is 32.2. The largest absolute Gasteiger partial charge is 0.466 e. The van der Waals surface area contributed by atoms with Gasteiger partial charge in [-0.15, -0.1) is 0 Å². The van der Waals surface area contributed by atoms with Gasteiger partial charge in [-0.25, -0.2) is 0 Å². The molecule has 0 heterocycles. The van der Waals surface area contributed by atoms with Gasteiger partial charge in [-0.3, -0.25) is 9.59 Å². The first-order chi connectivity index (χ1) is 7.60. The maximum atomic E-state index is 11.5. The van der Waals surface area contributed by atoms with Crippen LogP contribution in [0, 0.1) is 0 Å². The fraction of sp³-hybridized carbons (Fsp3) is 0.833. The van der Waals surface area contributed by atoms with Gasteiger partial charge < -0.3 is 4.74 Å². The van der Waals surface area contributed by atoms with Crippen LogP contribution < -0.4 is 0 Å². The van der Waals surface area contributed by atoms with E-state index >= 15 is 0 Å². The molecule has 0 aliphatic carbocycles. The molecule has 1 atom stereocenters. The third kappa shape index (κ3) is 8.77. The maximum Gasteiger partial charge on any atom is 0.302 e. The molecule has 0 aromatic rings. The second-order valence-corrected chi connectivity index (χ2v) is 5.14. The summed E-state index contributed by atoms with van der Waals surface area (Å²) >= 11 is 1.42. The number of esters is 1. The molecule has 4 heteroatoms. The summed E-state index contributed by atoms with van der Waals surface area (Å²) < 4.78 is 4.90. The highest BCUT2D eigenvalue weighted by Gasteiger charge is 2.13. The Morgan fingerprint density at radius 2 is 1.88 bits per heavy atom. The van der Waals surface area contributed by atoms with Crippen molar-refractivity contribution < 1.29 is 14.3 Å². The minimum absolute atomic E-state index is 0.250. The van der Waals surface area contributed by atoms with Crippen LogP contribution in [0.3, 0.4) is 0 Å². The molecule has 16 heavy (non-hydrogen) atoms. The molecule has 0 N–H and O–H groups in total. The Kier molecular flexibility index (Phi) is 9.39. The normalized spacial score (nSPS) is 12.2. The molecular formula is C12H22O3S. The average molecular weight is 246 g/mol. The first-order valence-corrected chi connectivity index (χ1v) is 6.80. The lowest BCUT2D eigenvalue weighted by atomic mass is 10.2. The summed E-state index contributed by atoms with van der Waals surface area (Å²) in [4.78, 5) is 22.1. The Bertz CT molecular complexity index is 216. The zero-order chi connectivity index (χ0) is 12.4. The second-order valence-electron chi connectivity index (χ2n) is 3.78. The van der Waals surface area contributed by atoms with E-state index in [1.807, 2.05) is 6.92 Å². The van der Waals surface area contributed by atoms with Crippen molar-refractivity contribution >= 4 is 22.8 Å². The van der Waals surface area contributed by atoms with Crippen LogP contribution in [0.4, 0.5) is 0 Å². The van der Waals surface area contributed by atoms with Crippen molar-refractivity contribution in [2.24, 2.45) is 0 Å². The topological polar surface area (TPSA) is 43.4 Å². The Hall–Kier alpha value is -0.510. The summed E-state index contributed by atoms with van der Waals surface area (Å²) in [7, 11) is 0. The third-order valence-corrected chi connectivity index (χ3v) is 3.38. The van der Waals surface area contributed by atoms with Gasteiger partial charge in [0.2, 0.25) is 0 Å². The van der Waals surface area contributed by atoms with Crippen molar-refractivity contribution in [3.05, 3.63) is 0 Å². The van der Waals surface area contributed by atoms with Crippen LogP contribution in [0.15, 0.2) is 0 Å². The van der Waals surface area contributed by atoms with Gasteiger partial charge >= 0.3 is 5.97 Å². The molecule has 0 bridgehead atoms. The number of carbonyl (C=O) groups excluding carboxylic acids is 2. The molecule has 0 saturated heterocycles. The quantitative estimate of drug-likeness (QED) is 0.617. The molecule has 0 spiro atoms. The Morgan fingerprint density at radius 1 is 1.19 bits per heavy atom. The monoisotopic (exact) mass is 246 g/mol. The molecule has 0 aliphatic rings. The Balaban J connectivity index is 3.86. The van der Waals surface area contributed by atoms with E-state index in [0.717, 1.165) is 25.7 Å². The molecule has 1 unspecified atom stereocenters. The van der Waals surface area contributed by atoms with Crippen LogP contribution in [0.1, 0.15) is 52.9 Å². The van der Waals surface area contributed by atoms with Crippen molar-refractivity contribution in [2.45, 2.75) is 58.1 Å². The van der Waals surface area contributed by atoms with E-state index in [4.69, 9.17) is 4.74 Å². The molecule has 3 nitrogen and oxygen atoms in total. The van der Waals surface area contributed by atoms with Crippen molar-refractivity contribution in [3.8, 4) is 0 Å². The number of hydrogen-bond acceptors (Lipinski definition) is 4. The minimum atomic E-state index is -0.250. The van der Waals surface area contributed by atoms with Crippen LogP contribution in [0.25, 0.3) is 0 Å². The van der Waals surface area contributed by atoms with Gasteiger partial charge in [0.25, 0.3) is 0 Å². The molecule has 0 saturated carbocycles. The Morgan fingerprint density at radius 3 is 2.38 bits per heavy atom. The summed E-state index contributed by atoms with van der Waals surface area (Å²) in [5.41, 5.74) is 0. The average Bonchev–Trinajstić information content (AvgIpc) is 2.17. The van der Waals surface area contributed by atoms with Gasteiger partial charge in [0, 0.05) is 18.6 Å². The van der Waals surface area contributed by atoms with Gasteiger partial charge in [-0.2, -0.15) is 0 Å². The lowest BCUT2D eigenvalue weighted by molar-refractivity contribution is -0.141. The van der Waals surface area contributed by atoms with Crippen LogP contribution in [0.5, 0.6) is 0 Å². The molecular weight excluding hydrogens is 224 g/mol. The molecule has 0 fully saturated rings. The molecule has 0 rings (SSSR count). The smallest absolute Gasteiger partial charge is 0.302 e. The summed E-state index contributed by atoms with van der Waals surface area (Å²) in [5.74, 6) is -0.250.